The van der Waals surface area contributed by atoms with E-state index in [2.05, 4.69) is 20.0 Å². The third-order valence-electron chi connectivity index (χ3n) is 2.19. The number of aromatic nitrogens is 2. The molecular formula is C10H18N4O2S. The largest absolute Gasteiger partial charge is 0.315 e. The fourth-order valence-corrected chi connectivity index (χ4v) is 2.07. The number of rotatable bonds is 7. The van der Waals surface area contributed by atoms with Gasteiger partial charge in [0.15, 0.2) is 0 Å². The van der Waals surface area contributed by atoms with Crippen LogP contribution in [0.1, 0.15) is 20.3 Å². The van der Waals surface area contributed by atoms with Gasteiger partial charge >= 0.3 is 0 Å². The van der Waals surface area contributed by atoms with Gasteiger partial charge in [-0.1, -0.05) is 6.92 Å². The first kappa shape index (κ1) is 13.9. The summed E-state index contributed by atoms with van der Waals surface area (Å²) in [5, 5.41) is 2.54. The van der Waals surface area contributed by atoms with Gasteiger partial charge in [-0.2, -0.15) is 0 Å². The number of hydrogen-bond donors (Lipinski definition) is 2. The summed E-state index contributed by atoms with van der Waals surface area (Å²) in [7, 11) is -3.43. The molecule has 1 unspecified atom stereocenters. The normalized spacial score (nSPS) is 13.3. The van der Waals surface area contributed by atoms with Crippen LogP contribution in [0.3, 0.4) is 0 Å². The molecule has 1 atom stereocenters. The zero-order chi connectivity index (χ0) is 12.7. The summed E-state index contributed by atoms with van der Waals surface area (Å²) in [5.74, 6) is 0.106. The molecular weight excluding hydrogens is 240 g/mol. The van der Waals surface area contributed by atoms with E-state index >= 15 is 0 Å². The van der Waals surface area contributed by atoms with Crippen LogP contribution in [0.25, 0.3) is 0 Å². The molecule has 0 fully saturated rings. The summed E-state index contributed by atoms with van der Waals surface area (Å²) < 4.78 is 26.1. The van der Waals surface area contributed by atoms with Crippen molar-refractivity contribution in [3.8, 4) is 0 Å². The van der Waals surface area contributed by atoms with Crippen molar-refractivity contribution >= 4 is 16.0 Å². The predicted octanol–water partition coefficient (Wildman–Crippen LogP) is 0.606. The molecule has 0 radical (unpaired) electrons. The van der Waals surface area contributed by atoms with Crippen LogP contribution in [0.15, 0.2) is 18.5 Å². The molecule has 2 N–H and O–H groups in total. The van der Waals surface area contributed by atoms with Gasteiger partial charge in [0, 0.05) is 18.9 Å². The first-order valence-corrected chi connectivity index (χ1v) is 7.10. The van der Waals surface area contributed by atoms with Crippen LogP contribution in [0, 0.1) is 0 Å². The Kier molecular flexibility index (Phi) is 5.30. The van der Waals surface area contributed by atoms with E-state index < -0.39 is 15.3 Å². The highest BCUT2D eigenvalue weighted by molar-refractivity contribution is 7.93. The minimum Gasteiger partial charge on any atom is -0.315 e. The van der Waals surface area contributed by atoms with Crippen molar-refractivity contribution in [2.24, 2.45) is 0 Å². The Morgan fingerprint density at radius 3 is 2.59 bits per heavy atom. The Labute approximate surface area is 102 Å². The van der Waals surface area contributed by atoms with Crippen molar-refractivity contribution in [2.75, 3.05) is 17.8 Å². The van der Waals surface area contributed by atoms with E-state index in [-0.39, 0.29) is 5.95 Å². The molecule has 7 heteroatoms. The van der Waals surface area contributed by atoms with Gasteiger partial charge in [0.25, 0.3) is 0 Å². The first-order valence-electron chi connectivity index (χ1n) is 5.55. The van der Waals surface area contributed by atoms with E-state index in [1.165, 1.54) is 12.4 Å². The van der Waals surface area contributed by atoms with Gasteiger partial charge < -0.3 is 5.32 Å². The van der Waals surface area contributed by atoms with Crippen molar-refractivity contribution in [1.82, 2.24) is 15.3 Å². The molecule has 17 heavy (non-hydrogen) atoms. The molecule has 0 aliphatic heterocycles. The molecule has 0 aromatic carbocycles. The quantitative estimate of drug-likeness (QED) is 0.700. The summed E-state index contributed by atoms with van der Waals surface area (Å²) in [5.41, 5.74) is 0. The van der Waals surface area contributed by atoms with Gasteiger partial charge in [-0.05, 0) is 26.0 Å². The summed E-state index contributed by atoms with van der Waals surface area (Å²) in [6, 6.07) is 1.63. The average Bonchev–Trinajstić information content (AvgIpc) is 2.30. The molecule has 0 spiro atoms. The van der Waals surface area contributed by atoms with Crippen LogP contribution in [0.4, 0.5) is 5.95 Å². The fourth-order valence-electron chi connectivity index (χ4n) is 1.17. The molecule has 0 bridgehead atoms. The Morgan fingerprint density at radius 2 is 2.00 bits per heavy atom. The lowest BCUT2D eigenvalue weighted by molar-refractivity contribution is 0.575. The monoisotopic (exact) mass is 258 g/mol. The zero-order valence-electron chi connectivity index (χ0n) is 10.0. The van der Waals surface area contributed by atoms with E-state index in [0.717, 1.165) is 13.0 Å². The van der Waals surface area contributed by atoms with Gasteiger partial charge in [-0.3, -0.25) is 4.72 Å². The van der Waals surface area contributed by atoms with Gasteiger partial charge in [0.2, 0.25) is 16.0 Å². The van der Waals surface area contributed by atoms with Crippen molar-refractivity contribution in [3.05, 3.63) is 18.5 Å². The maximum Gasteiger partial charge on any atom is 0.238 e. The fraction of sp³-hybridized carbons (Fsp3) is 0.600. The summed E-state index contributed by atoms with van der Waals surface area (Å²) >= 11 is 0. The predicted molar refractivity (Wildman–Crippen MR) is 67.2 cm³/mol. The van der Waals surface area contributed by atoms with Gasteiger partial charge in [-0.25, -0.2) is 18.4 Å². The van der Waals surface area contributed by atoms with Crippen molar-refractivity contribution in [3.63, 3.8) is 0 Å². The molecule has 96 valence electrons. The van der Waals surface area contributed by atoms with Gasteiger partial charge in [-0.15, -0.1) is 0 Å². The average molecular weight is 258 g/mol. The van der Waals surface area contributed by atoms with E-state index in [0.29, 0.717) is 6.54 Å². The smallest absolute Gasteiger partial charge is 0.238 e. The van der Waals surface area contributed by atoms with Crippen LogP contribution in [0.5, 0.6) is 0 Å². The Balaban J connectivity index is 2.56. The van der Waals surface area contributed by atoms with E-state index in [9.17, 15) is 8.42 Å². The Bertz CT molecular complexity index is 421. The summed E-state index contributed by atoms with van der Waals surface area (Å²) in [4.78, 5) is 7.64. The third kappa shape index (κ3) is 4.66. The second-order valence-corrected chi connectivity index (χ2v) is 5.83. The molecule has 0 aliphatic carbocycles. The van der Waals surface area contributed by atoms with Crippen molar-refractivity contribution in [2.45, 2.75) is 25.5 Å². The molecule has 1 aromatic rings. The lowest BCUT2D eigenvalue weighted by atomic mass is 10.4. The first-order chi connectivity index (χ1) is 8.06. The van der Waals surface area contributed by atoms with Crippen LogP contribution >= 0.6 is 0 Å². The van der Waals surface area contributed by atoms with Crippen LogP contribution < -0.4 is 10.0 Å². The summed E-state index contributed by atoms with van der Waals surface area (Å²) in [6.45, 7) is 4.90. The Morgan fingerprint density at radius 1 is 1.35 bits per heavy atom. The molecule has 1 rings (SSSR count). The molecule has 6 nitrogen and oxygen atoms in total. The van der Waals surface area contributed by atoms with Crippen LogP contribution in [-0.4, -0.2) is 36.7 Å². The number of nitrogens with one attached hydrogen (secondary N) is 2. The second-order valence-electron chi connectivity index (χ2n) is 3.73. The number of anilines is 1. The van der Waals surface area contributed by atoms with E-state index in [1.807, 2.05) is 6.92 Å². The molecule has 0 saturated heterocycles. The molecule has 0 amide bonds. The minimum absolute atomic E-state index is 0.106. The maximum atomic E-state index is 11.9. The van der Waals surface area contributed by atoms with Crippen LogP contribution in [0.2, 0.25) is 0 Å². The zero-order valence-corrected chi connectivity index (χ0v) is 10.9. The molecule has 0 saturated carbocycles. The number of sulfonamides is 1. The lowest BCUT2D eigenvalue weighted by Gasteiger charge is -2.14. The SMILES string of the molecule is CCCNCC(C)S(=O)(=O)Nc1ncccn1. The number of nitrogens with zero attached hydrogens (tertiary/aromatic N) is 2. The van der Waals surface area contributed by atoms with E-state index in [1.54, 1.807) is 13.0 Å². The standard InChI is InChI=1S/C10H18N4O2S/c1-3-5-11-8-9(2)17(15,16)14-10-12-6-4-7-13-10/h4,6-7,9,11H,3,5,8H2,1-2H3,(H,12,13,14). The lowest BCUT2D eigenvalue weighted by Crippen LogP contribution is -2.35. The maximum absolute atomic E-state index is 11.9. The molecule has 0 aliphatic rings. The third-order valence-corrected chi connectivity index (χ3v) is 3.88. The second kappa shape index (κ2) is 6.51. The van der Waals surface area contributed by atoms with Crippen LogP contribution in [-0.2, 0) is 10.0 Å². The Hall–Kier alpha value is -1.21. The van der Waals surface area contributed by atoms with Crippen molar-refractivity contribution < 1.29 is 8.42 Å². The highest BCUT2D eigenvalue weighted by Crippen LogP contribution is 2.04. The topological polar surface area (TPSA) is 84.0 Å². The highest BCUT2D eigenvalue weighted by atomic mass is 32.2. The van der Waals surface area contributed by atoms with Crippen molar-refractivity contribution in [1.29, 1.82) is 0 Å². The minimum atomic E-state index is -3.43. The van der Waals surface area contributed by atoms with Gasteiger partial charge in [0.05, 0.1) is 5.25 Å². The highest BCUT2D eigenvalue weighted by Gasteiger charge is 2.20. The van der Waals surface area contributed by atoms with Gasteiger partial charge in [0.1, 0.15) is 0 Å². The van der Waals surface area contributed by atoms with E-state index in [4.69, 9.17) is 0 Å². The number of hydrogen-bond acceptors (Lipinski definition) is 5. The molecule has 1 heterocycles. The summed E-state index contributed by atoms with van der Waals surface area (Å²) in [6.07, 6.45) is 3.96. The molecule has 1 aromatic heterocycles.